The number of nitrogens with one attached hydrogen (secondary N) is 1. The number of aromatic nitrogens is 2. The van der Waals surface area contributed by atoms with Gasteiger partial charge in [0, 0.05) is 25.7 Å². The Morgan fingerprint density at radius 2 is 2.05 bits per heavy atom. The molecule has 1 atom stereocenters. The van der Waals surface area contributed by atoms with Gasteiger partial charge >= 0.3 is 0 Å². The summed E-state index contributed by atoms with van der Waals surface area (Å²) in [5.74, 6) is 0.351. The molecule has 2 amide bonds. The predicted molar refractivity (Wildman–Crippen MR) is 73.5 cm³/mol. The summed E-state index contributed by atoms with van der Waals surface area (Å²) >= 11 is 0. The smallest absolute Gasteiger partial charge is 0.274 e. The summed E-state index contributed by atoms with van der Waals surface area (Å²) in [5.41, 5.74) is 0.704. The van der Waals surface area contributed by atoms with E-state index in [2.05, 4.69) is 17.2 Å². The van der Waals surface area contributed by atoms with Gasteiger partial charge in [-0.1, -0.05) is 6.92 Å². The zero-order valence-corrected chi connectivity index (χ0v) is 11.9. The number of carbonyl (C=O) groups is 2. The molecule has 0 radical (unpaired) electrons. The largest absolute Gasteiger partial charge is 0.346 e. The van der Waals surface area contributed by atoms with E-state index in [-0.39, 0.29) is 17.9 Å². The van der Waals surface area contributed by atoms with Crippen LogP contribution in [-0.2, 0) is 6.54 Å². The van der Waals surface area contributed by atoms with Gasteiger partial charge in [-0.25, -0.2) is 4.98 Å². The highest BCUT2D eigenvalue weighted by Crippen LogP contribution is 2.20. The summed E-state index contributed by atoms with van der Waals surface area (Å²) in [6.07, 6.45) is 3.64. The van der Waals surface area contributed by atoms with Crippen molar-refractivity contribution in [1.82, 2.24) is 19.8 Å². The topological polar surface area (TPSA) is 67.2 Å². The van der Waals surface area contributed by atoms with Crippen LogP contribution in [0, 0.1) is 5.92 Å². The minimum atomic E-state index is -0.199. The molecular weight excluding hydrogens is 256 g/mol. The number of carbonyl (C=O) groups excluding carboxylic acids is 2. The van der Waals surface area contributed by atoms with Crippen LogP contribution in [0.5, 0.6) is 0 Å². The van der Waals surface area contributed by atoms with Crippen LogP contribution >= 0.6 is 0 Å². The maximum Gasteiger partial charge on any atom is 0.274 e. The summed E-state index contributed by atoms with van der Waals surface area (Å²) in [4.78, 5) is 30.6. The number of hydrogen-bond acceptors (Lipinski definition) is 3. The van der Waals surface area contributed by atoms with Crippen LogP contribution < -0.4 is 5.32 Å². The molecule has 0 unspecified atom stereocenters. The van der Waals surface area contributed by atoms with Crippen molar-refractivity contribution in [3.8, 4) is 0 Å². The molecule has 0 bridgehead atoms. The van der Waals surface area contributed by atoms with Gasteiger partial charge in [0.15, 0.2) is 5.69 Å². The molecule has 108 valence electrons. The number of rotatable bonds is 1. The van der Waals surface area contributed by atoms with Gasteiger partial charge in [-0.15, -0.1) is 0 Å². The van der Waals surface area contributed by atoms with Crippen molar-refractivity contribution >= 4 is 11.8 Å². The van der Waals surface area contributed by atoms with E-state index in [9.17, 15) is 9.59 Å². The second-order valence-electron chi connectivity index (χ2n) is 5.94. The summed E-state index contributed by atoms with van der Waals surface area (Å²) in [6.45, 7) is 6.32. The lowest BCUT2D eigenvalue weighted by atomic mass is 9.99. The summed E-state index contributed by atoms with van der Waals surface area (Å²) in [7, 11) is 0. The first-order valence-electron chi connectivity index (χ1n) is 7.21. The Bertz CT molecular complexity index is 543. The molecule has 3 rings (SSSR count). The Labute approximate surface area is 118 Å². The van der Waals surface area contributed by atoms with E-state index < -0.39 is 0 Å². The Hall–Kier alpha value is -1.85. The summed E-state index contributed by atoms with van der Waals surface area (Å²) in [5, 5.41) is 2.86. The first-order valence-corrected chi connectivity index (χ1v) is 7.21. The molecule has 6 heteroatoms. The SMILES string of the molecule is CC1CCN(C(=O)c2ncn3c2C(=O)N[C@@H](C)C3)CC1. The van der Waals surface area contributed by atoms with Crippen molar-refractivity contribution in [2.45, 2.75) is 39.3 Å². The number of likely N-dealkylation sites (tertiary alicyclic amines) is 1. The number of fused-ring (bicyclic) bond motifs is 1. The van der Waals surface area contributed by atoms with Crippen molar-refractivity contribution in [3.63, 3.8) is 0 Å². The molecule has 1 aromatic heterocycles. The summed E-state index contributed by atoms with van der Waals surface area (Å²) in [6, 6.07) is 0.0722. The monoisotopic (exact) mass is 276 g/mol. The minimum absolute atomic E-state index is 0.0722. The zero-order valence-electron chi connectivity index (χ0n) is 11.9. The van der Waals surface area contributed by atoms with Gasteiger partial charge in [0.25, 0.3) is 11.8 Å². The molecule has 1 saturated heterocycles. The Kier molecular flexibility index (Phi) is 3.23. The van der Waals surface area contributed by atoms with E-state index in [0.29, 0.717) is 23.9 Å². The molecule has 3 heterocycles. The van der Waals surface area contributed by atoms with E-state index in [0.717, 1.165) is 25.9 Å². The molecule has 20 heavy (non-hydrogen) atoms. The van der Waals surface area contributed by atoms with Crippen LogP contribution in [0.3, 0.4) is 0 Å². The van der Waals surface area contributed by atoms with Crippen LogP contribution in [0.4, 0.5) is 0 Å². The Balaban J connectivity index is 1.85. The normalized spacial score (nSPS) is 23.4. The fourth-order valence-electron chi connectivity index (χ4n) is 2.91. The van der Waals surface area contributed by atoms with Gasteiger partial charge in [0.1, 0.15) is 5.69 Å². The quantitative estimate of drug-likeness (QED) is 0.828. The Morgan fingerprint density at radius 1 is 1.35 bits per heavy atom. The average Bonchev–Trinajstić information content (AvgIpc) is 2.82. The van der Waals surface area contributed by atoms with Crippen molar-refractivity contribution in [1.29, 1.82) is 0 Å². The van der Waals surface area contributed by atoms with Crippen LogP contribution in [0.25, 0.3) is 0 Å². The molecule has 0 aliphatic carbocycles. The highest BCUT2D eigenvalue weighted by atomic mass is 16.2. The fraction of sp³-hybridized carbons (Fsp3) is 0.643. The summed E-state index contributed by atoms with van der Waals surface area (Å²) < 4.78 is 1.78. The molecular formula is C14H20N4O2. The Morgan fingerprint density at radius 3 is 2.75 bits per heavy atom. The average molecular weight is 276 g/mol. The molecule has 1 aromatic rings. The third-order valence-electron chi connectivity index (χ3n) is 4.17. The van der Waals surface area contributed by atoms with Gasteiger partial charge < -0.3 is 14.8 Å². The lowest BCUT2D eigenvalue weighted by Crippen LogP contribution is -2.44. The van der Waals surface area contributed by atoms with Crippen LogP contribution in [0.15, 0.2) is 6.33 Å². The van der Waals surface area contributed by atoms with E-state index in [1.807, 2.05) is 11.8 Å². The predicted octanol–water partition coefficient (Wildman–Crippen LogP) is 0.887. The van der Waals surface area contributed by atoms with Crippen molar-refractivity contribution in [3.05, 3.63) is 17.7 Å². The molecule has 1 N–H and O–H groups in total. The molecule has 0 saturated carbocycles. The van der Waals surface area contributed by atoms with E-state index >= 15 is 0 Å². The number of piperidine rings is 1. The van der Waals surface area contributed by atoms with Crippen LogP contribution in [-0.4, -0.2) is 45.4 Å². The van der Waals surface area contributed by atoms with Gasteiger partial charge in [-0.2, -0.15) is 0 Å². The molecule has 1 fully saturated rings. The number of hydrogen-bond donors (Lipinski definition) is 1. The highest BCUT2D eigenvalue weighted by molar-refractivity contribution is 6.05. The number of nitrogens with zero attached hydrogens (tertiary/aromatic N) is 3. The van der Waals surface area contributed by atoms with Crippen molar-refractivity contribution in [2.75, 3.05) is 13.1 Å². The molecule has 0 aromatic carbocycles. The fourth-order valence-corrected chi connectivity index (χ4v) is 2.91. The second-order valence-corrected chi connectivity index (χ2v) is 5.94. The third-order valence-corrected chi connectivity index (χ3v) is 4.17. The molecule has 0 spiro atoms. The first kappa shape index (κ1) is 13.1. The lowest BCUT2D eigenvalue weighted by molar-refractivity contribution is 0.0684. The van der Waals surface area contributed by atoms with Gasteiger partial charge in [-0.3, -0.25) is 9.59 Å². The van der Waals surface area contributed by atoms with Gasteiger partial charge in [-0.05, 0) is 25.7 Å². The molecule has 6 nitrogen and oxygen atoms in total. The molecule has 2 aliphatic heterocycles. The van der Waals surface area contributed by atoms with Crippen molar-refractivity contribution < 1.29 is 9.59 Å². The second kappa shape index (κ2) is 4.92. The first-order chi connectivity index (χ1) is 9.56. The van der Waals surface area contributed by atoms with E-state index in [1.54, 1.807) is 10.9 Å². The number of imidazole rings is 1. The maximum atomic E-state index is 12.5. The minimum Gasteiger partial charge on any atom is -0.346 e. The van der Waals surface area contributed by atoms with Crippen LogP contribution in [0.1, 0.15) is 47.7 Å². The zero-order chi connectivity index (χ0) is 14.3. The van der Waals surface area contributed by atoms with Crippen LogP contribution in [0.2, 0.25) is 0 Å². The van der Waals surface area contributed by atoms with E-state index in [1.165, 1.54) is 0 Å². The van der Waals surface area contributed by atoms with Crippen molar-refractivity contribution in [2.24, 2.45) is 5.92 Å². The maximum absolute atomic E-state index is 12.5. The van der Waals surface area contributed by atoms with Gasteiger partial charge in [0.05, 0.1) is 6.33 Å². The molecule has 2 aliphatic rings. The van der Waals surface area contributed by atoms with E-state index in [4.69, 9.17) is 0 Å². The lowest BCUT2D eigenvalue weighted by Gasteiger charge is -2.30. The highest BCUT2D eigenvalue weighted by Gasteiger charge is 2.32. The standard InChI is InChI=1S/C14H20N4O2/c1-9-3-5-17(6-4-9)14(20)11-12-13(19)16-10(2)7-18(12)8-15-11/h8-10H,3-7H2,1-2H3,(H,16,19)/t10-/m0/s1. The third kappa shape index (κ3) is 2.19. The van der Waals surface area contributed by atoms with Gasteiger partial charge in [0.2, 0.25) is 0 Å². The number of amides is 2.